The Labute approximate surface area is 100 Å². The Hall–Kier alpha value is -1.12. The summed E-state index contributed by atoms with van der Waals surface area (Å²) in [5.41, 5.74) is 2.25. The second-order valence-electron chi connectivity index (χ2n) is 4.24. The highest BCUT2D eigenvalue weighted by Crippen LogP contribution is 2.27. The van der Waals surface area contributed by atoms with Crippen molar-refractivity contribution >= 4 is 11.3 Å². The van der Waals surface area contributed by atoms with Crippen LogP contribution in [0.3, 0.4) is 0 Å². The molecule has 84 valence electrons. The number of benzene rings is 1. The second kappa shape index (κ2) is 4.81. The van der Waals surface area contributed by atoms with E-state index in [1.54, 1.807) is 11.3 Å². The van der Waals surface area contributed by atoms with Crippen LogP contribution in [0.5, 0.6) is 0 Å². The lowest BCUT2D eigenvalue weighted by Crippen LogP contribution is -1.98. The fourth-order valence-electron chi connectivity index (χ4n) is 1.70. The first-order valence-electron chi connectivity index (χ1n) is 5.50. The van der Waals surface area contributed by atoms with E-state index in [1.807, 2.05) is 29.6 Å². The lowest BCUT2D eigenvalue weighted by molar-refractivity contribution is 0.224. The van der Waals surface area contributed by atoms with Gasteiger partial charge in [0.05, 0.1) is 0 Å². The minimum atomic E-state index is -0.487. The molecule has 0 fully saturated rings. The first kappa shape index (κ1) is 11.4. The van der Waals surface area contributed by atoms with E-state index in [0.717, 1.165) is 10.4 Å². The van der Waals surface area contributed by atoms with Gasteiger partial charge in [0.2, 0.25) is 0 Å². The summed E-state index contributed by atoms with van der Waals surface area (Å²) in [6.45, 7) is 4.33. The van der Waals surface area contributed by atoms with Gasteiger partial charge in [0.15, 0.2) is 0 Å². The van der Waals surface area contributed by atoms with Gasteiger partial charge in [0.25, 0.3) is 0 Å². The van der Waals surface area contributed by atoms with Gasteiger partial charge in [-0.05, 0) is 28.5 Å². The average molecular weight is 232 g/mol. The molecule has 2 rings (SSSR count). The normalized spacial score (nSPS) is 13.0. The lowest BCUT2D eigenvalue weighted by Gasteiger charge is -2.12. The monoisotopic (exact) mass is 232 g/mol. The summed E-state index contributed by atoms with van der Waals surface area (Å²) in [5.74, 6) is 0.496. The van der Waals surface area contributed by atoms with E-state index in [0.29, 0.717) is 5.92 Å². The molecule has 1 aromatic heterocycles. The Morgan fingerprint density at radius 2 is 1.81 bits per heavy atom. The first-order valence-corrected chi connectivity index (χ1v) is 6.38. The molecule has 16 heavy (non-hydrogen) atoms. The van der Waals surface area contributed by atoms with Gasteiger partial charge >= 0.3 is 0 Å². The van der Waals surface area contributed by atoms with E-state index >= 15 is 0 Å². The highest BCUT2D eigenvalue weighted by Gasteiger charge is 2.12. The Morgan fingerprint density at radius 3 is 2.44 bits per heavy atom. The topological polar surface area (TPSA) is 20.2 Å². The molecule has 2 aromatic rings. The van der Waals surface area contributed by atoms with Crippen molar-refractivity contribution in [3.8, 4) is 0 Å². The first-order chi connectivity index (χ1) is 7.68. The van der Waals surface area contributed by atoms with Crippen LogP contribution in [0.2, 0.25) is 0 Å². The van der Waals surface area contributed by atoms with Crippen LogP contribution >= 0.6 is 11.3 Å². The van der Waals surface area contributed by atoms with Crippen LogP contribution < -0.4 is 0 Å². The van der Waals surface area contributed by atoms with Crippen molar-refractivity contribution in [3.05, 3.63) is 57.8 Å². The Morgan fingerprint density at radius 1 is 1.06 bits per heavy atom. The molecule has 2 heteroatoms. The lowest BCUT2D eigenvalue weighted by atomic mass is 9.98. The molecular formula is C14H16OS. The molecule has 1 aromatic carbocycles. The van der Waals surface area contributed by atoms with Gasteiger partial charge in [-0.2, -0.15) is 0 Å². The molecule has 1 heterocycles. The summed E-state index contributed by atoms with van der Waals surface area (Å²) in [5, 5.41) is 12.2. The Balaban J connectivity index is 2.30. The summed E-state index contributed by atoms with van der Waals surface area (Å²) in [6, 6.07) is 12.1. The molecule has 1 atom stereocenters. The zero-order chi connectivity index (χ0) is 11.5. The van der Waals surface area contributed by atoms with Crippen molar-refractivity contribution in [2.45, 2.75) is 25.9 Å². The van der Waals surface area contributed by atoms with Crippen molar-refractivity contribution in [3.63, 3.8) is 0 Å². The van der Waals surface area contributed by atoms with Crippen LogP contribution in [-0.2, 0) is 0 Å². The minimum absolute atomic E-state index is 0.487. The van der Waals surface area contributed by atoms with E-state index in [2.05, 4.69) is 26.0 Å². The summed E-state index contributed by atoms with van der Waals surface area (Å²) in [7, 11) is 0. The van der Waals surface area contributed by atoms with Crippen LogP contribution in [-0.4, -0.2) is 5.11 Å². The molecule has 0 aliphatic carbocycles. The van der Waals surface area contributed by atoms with E-state index < -0.39 is 6.10 Å². The van der Waals surface area contributed by atoms with Gasteiger partial charge in [-0.1, -0.05) is 44.2 Å². The highest BCUT2D eigenvalue weighted by molar-refractivity contribution is 7.10. The van der Waals surface area contributed by atoms with Crippen LogP contribution in [0.4, 0.5) is 0 Å². The average Bonchev–Trinajstić information content (AvgIpc) is 2.81. The van der Waals surface area contributed by atoms with Gasteiger partial charge in [0, 0.05) is 4.88 Å². The van der Waals surface area contributed by atoms with Gasteiger partial charge in [-0.25, -0.2) is 0 Å². The van der Waals surface area contributed by atoms with Crippen LogP contribution in [0.1, 0.15) is 41.9 Å². The molecule has 1 unspecified atom stereocenters. The molecule has 0 amide bonds. The quantitative estimate of drug-likeness (QED) is 0.849. The maximum atomic E-state index is 10.2. The molecule has 0 bridgehead atoms. The number of hydrogen-bond acceptors (Lipinski definition) is 2. The van der Waals surface area contributed by atoms with Crippen LogP contribution in [0, 0.1) is 0 Å². The number of aliphatic hydroxyl groups is 1. The SMILES string of the molecule is CC(C)c1cccc(C(O)c2cccs2)c1. The van der Waals surface area contributed by atoms with E-state index in [4.69, 9.17) is 0 Å². The number of thiophene rings is 1. The molecule has 0 saturated heterocycles. The predicted octanol–water partition coefficient (Wildman–Crippen LogP) is 3.95. The molecule has 0 aliphatic rings. The standard InChI is InChI=1S/C14H16OS/c1-10(2)11-5-3-6-12(9-11)14(15)13-7-4-8-16-13/h3-10,14-15H,1-2H3. The van der Waals surface area contributed by atoms with E-state index in [9.17, 15) is 5.11 Å². The number of aliphatic hydroxyl groups excluding tert-OH is 1. The largest absolute Gasteiger partial charge is 0.383 e. The summed E-state index contributed by atoms with van der Waals surface area (Å²) < 4.78 is 0. The van der Waals surface area contributed by atoms with Crippen molar-refractivity contribution < 1.29 is 5.11 Å². The minimum Gasteiger partial charge on any atom is -0.383 e. The van der Waals surface area contributed by atoms with Gasteiger partial charge in [-0.3, -0.25) is 0 Å². The van der Waals surface area contributed by atoms with E-state index in [-0.39, 0.29) is 0 Å². The van der Waals surface area contributed by atoms with E-state index in [1.165, 1.54) is 5.56 Å². The maximum Gasteiger partial charge on any atom is 0.113 e. The molecule has 0 spiro atoms. The third-order valence-electron chi connectivity index (χ3n) is 2.71. The smallest absolute Gasteiger partial charge is 0.113 e. The van der Waals surface area contributed by atoms with Crippen molar-refractivity contribution in [1.29, 1.82) is 0 Å². The fraction of sp³-hybridized carbons (Fsp3) is 0.286. The molecular weight excluding hydrogens is 216 g/mol. The fourth-order valence-corrected chi connectivity index (χ4v) is 2.44. The molecule has 0 saturated carbocycles. The summed E-state index contributed by atoms with van der Waals surface area (Å²) in [6.07, 6.45) is -0.487. The second-order valence-corrected chi connectivity index (χ2v) is 5.22. The molecule has 1 nitrogen and oxygen atoms in total. The zero-order valence-electron chi connectivity index (χ0n) is 9.55. The molecule has 0 radical (unpaired) electrons. The van der Waals surface area contributed by atoms with Crippen molar-refractivity contribution in [2.24, 2.45) is 0 Å². The van der Waals surface area contributed by atoms with Gasteiger partial charge < -0.3 is 5.11 Å². The molecule has 0 aliphatic heterocycles. The zero-order valence-corrected chi connectivity index (χ0v) is 10.4. The molecule has 1 N–H and O–H groups in total. The van der Waals surface area contributed by atoms with Crippen LogP contribution in [0.25, 0.3) is 0 Å². The van der Waals surface area contributed by atoms with Gasteiger partial charge in [0.1, 0.15) is 6.10 Å². The van der Waals surface area contributed by atoms with Gasteiger partial charge in [-0.15, -0.1) is 11.3 Å². The predicted molar refractivity (Wildman–Crippen MR) is 68.9 cm³/mol. The summed E-state index contributed by atoms with van der Waals surface area (Å²) >= 11 is 1.59. The maximum absolute atomic E-state index is 10.2. The van der Waals surface area contributed by atoms with Crippen molar-refractivity contribution in [2.75, 3.05) is 0 Å². The number of hydrogen-bond donors (Lipinski definition) is 1. The number of rotatable bonds is 3. The Kier molecular flexibility index (Phi) is 3.42. The third-order valence-corrected chi connectivity index (χ3v) is 3.63. The summed E-state index contributed by atoms with van der Waals surface area (Å²) in [4.78, 5) is 1.00. The third kappa shape index (κ3) is 2.34. The van der Waals surface area contributed by atoms with Crippen molar-refractivity contribution in [1.82, 2.24) is 0 Å². The van der Waals surface area contributed by atoms with Crippen LogP contribution in [0.15, 0.2) is 41.8 Å². The highest BCUT2D eigenvalue weighted by atomic mass is 32.1. The Bertz CT molecular complexity index is 446.